The number of azo groups is 1. The van der Waals surface area contributed by atoms with Crippen LogP contribution >= 0.6 is 0 Å². The molecule has 0 spiro atoms. The molecule has 0 aliphatic carbocycles. The molecule has 1 atom stereocenters. The first-order valence-corrected chi connectivity index (χ1v) is 8.78. The van der Waals surface area contributed by atoms with E-state index in [9.17, 15) is 20.0 Å². The number of nitro benzene ring substituents is 1. The normalized spacial score (nSPS) is 16.4. The third-order valence-electron chi connectivity index (χ3n) is 4.43. The van der Waals surface area contributed by atoms with E-state index in [1.54, 1.807) is 12.1 Å². The third kappa shape index (κ3) is 4.37. The zero-order valence-corrected chi connectivity index (χ0v) is 15.8. The summed E-state index contributed by atoms with van der Waals surface area (Å²) in [6.07, 6.45) is 0.384. The maximum absolute atomic E-state index is 11.4. The van der Waals surface area contributed by atoms with Crippen LogP contribution in [0.3, 0.4) is 0 Å². The van der Waals surface area contributed by atoms with Gasteiger partial charge in [0.05, 0.1) is 35.5 Å². The molecule has 150 valence electrons. The number of carbonyl (C=O) groups excluding carboxylic acids is 1. The molecule has 0 aromatic heterocycles. The van der Waals surface area contributed by atoms with Crippen molar-refractivity contribution in [3.8, 4) is 11.5 Å². The molecule has 0 fully saturated rings. The number of nitro groups is 1. The lowest BCUT2D eigenvalue weighted by molar-refractivity contribution is -0.386. The number of carbonyl (C=O) groups is 1. The summed E-state index contributed by atoms with van der Waals surface area (Å²) in [5.41, 5.74) is 4.64. The largest absolute Gasteiger partial charge is 0.504 e. The second-order valence-corrected chi connectivity index (χ2v) is 6.47. The Morgan fingerprint density at radius 1 is 1.31 bits per heavy atom. The van der Waals surface area contributed by atoms with Crippen molar-refractivity contribution < 1.29 is 19.6 Å². The fourth-order valence-electron chi connectivity index (χ4n) is 3.02. The van der Waals surface area contributed by atoms with E-state index in [-0.39, 0.29) is 41.1 Å². The van der Waals surface area contributed by atoms with Crippen LogP contribution in [0.15, 0.2) is 51.7 Å². The van der Waals surface area contributed by atoms with Gasteiger partial charge in [0, 0.05) is 12.3 Å². The molecule has 0 saturated heterocycles. The highest BCUT2D eigenvalue weighted by Gasteiger charge is 2.24. The van der Waals surface area contributed by atoms with Gasteiger partial charge >= 0.3 is 5.69 Å². The summed E-state index contributed by atoms with van der Waals surface area (Å²) in [5, 5.41) is 33.3. The number of phenols is 1. The molecule has 0 bridgehead atoms. The van der Waals surface area contributed by atoms with Crippen molar-refractivity contribution >= 4 is 23.0 Å². The van der Waals surface area contributed by atoms with E-state index in [0.29, 0.717) is 12.1 Å². The van der Waals surface area contributed by atoms with Crippen LogP contribution in [0.25, 0.3) is 0 Å². The monoisotopic (exact) mass is 397 g/mol. The van der Waals surface area contributed by atoms with Crippen molar-refractivity contribution in [1.82, 2.24) is 5.43 Å². The van der Waals surface area contributed by atoms with Gasteiger partial charge in [-0.3, -0.25) is 14.9 Å². The van der Waals surface area contributed by atoms with Gasteiger partial charge in [0.25, 0.3) is 0 Å². The Bertz CT molecular complexity index is 1000. The molecule has 1 aliphatic rings. The van der Waals surface area contributed by atoms with Gasteiger partial charge in [-0.1, -0.05) is 19.1 Å². The van der Waals surface area contributed by atoms with Gasteiger partial charge < -0.3 is 9.84 Å². The quantitative estimate of drug-likeness (QED) is 0.436. The Balaban J connectivity index is 1.75. The number of hydrogen-bond donors (Lipinski definition) is 2. The number of rotatable bonds is 6. The summed E-state index contributed by atoms with van der Waals surface area (Å²) in [5.74, 6) is -0.610. The number of aromatic hydroxyl groups is 1. The summed E-state index contributed by atoms with van der Waals surface area (Å²) in [6.45, 7) is 1.88. The van der Waals surface area contributed by atoms with Gasteiger partial charge in [-0.05, 0) is 29.8 Å². The minimum absolute atomic E-state index is 0.0150. The Morgan fingerprint density at radius 3 is 2.66 bits per heavy atom. The van der Waals surface area contributed by atoms with E-state index in [1.807, 2.05) is 19.1 Å². The number of methoxy groups -OCH3 is 1. The Hall–Kier alpha value is -3.82. The van der Waals surface area contributed by atoms with Gasteiger partial charge in [0.1, 0.15) is 0 Å². The zero-order chi connectivity index (χ0) is 21.0. The van der Waals surface area contributed by atoms with Crippen LogP contribution in [-0.4, -0.2) is 28.8 Å². The Morgan fingerprint density at radius 2 is 2.03 bits per heavy atom. The molecule has 0 radical (unpaired) electrons. The van der Waals surface area contributed by atoms with Crippen molar-refractivity contribution in [1.29, 1.82) is 0 Å². The molecule has 1 aliphatic heterocycles. The van der Waals surface area contributed by atoms with Crippen LogP contribution in [0.1, 0.15) is 24.5 Å². The SMILES string of the molecule is COc1c(O)ccc(CN=Nc2ccc(C3=NNC(=O)C[C@H]3C)cc2)c1[N+](=O)[O-]. The topological polar surface area (TPSA) is 139 Å². The summed E-state index contributed by atoms with van der Waals surface area (Å²) in [4.78, 5) is 22.1. The maximum Gasteiger partial charge on any atom is 0.319 e. The number of benzene rings is 2. The first kappa shape index (κ1) is 19.9. The van der Waals surface area contributed by atoms with Gasteiger partial charge in [-0.25, -0.2) is 5.43 Å². The number of amides is 1. The second kappa shape index (κ2) is 8.46. The first-order chi connectivity index (χ1) is 13.9. The summed E-state index contributed by atoms with van der Waals surface area (Å²) in [6, 6.07) is 9.87. The Kier molecular flexibility index (Phi) is 5.82. The molecule has 0 unspecified atom stereocenters. The van der Waals surface area contributed by atoms with Crippen LogP contribution in [-0.2, 0) is 11.3 Å². The average molecular weight is 397 g/mol. The molecule has 10 heteroatoms. The molecule has 2 aromatic rings. The minimum Gasteiger partial charge on any atom is -0.504 e. The van der Waals surface area contributed by atoms with Crippen LogP contribution in [0.2, 0.25) is 0 Å². The molecule has 2 N–H and O–H groups in total. The average Bonchev–Trinajstić information content (AvgIpc) is 2.69. The van der Waals surface area contributed by atoms with E-state index in [2.05, 4.69) is 20.8 Å². The smallest absolute Gasteiger partial charge is 0.319 e. The molecule has 10 nitrogen and oxygen atoms in total. The van der Waals surface area contributed by atoms with Crippen LogP contribution in [0.4, 0.5) is 11.4 Å². The van der Waals surface area contributed by atoms with Gasteiger partial charge in [-0.15, -0.1) is 0 Å². The van der Waals surface area contributed by atoms with Gasteiger partial charge in [0.15, 0.2) is 5.75 Å². The predicted octanol–water partition coefficient (Wildman–Crippen LogP) is 3.45. The minimum atomic E-state index is -0.622. The highest BCUT2D eigenvalue weighted by Crippen LogP contribution is 2.39. The number of ether oxygens (including phenoxy) is 1. The molecular formula is C19H19N5O5. The van der Waals surface area contributed by atoms with Gasteiger partial charge in [-0.2, -0.15) is 15.3 Å². The predicted molar refractivity (Wildman–Crippen MR) is 104 cm³/mol. The maximum atomic E-state index is 11.4. The van der Waals surface area contributed by atoms with E-state index in [1.165, 1.54) is 19.2 Å². The van der Waals surface area contributed by atoms with Gasteiger partial charge in [0.2, 0.25) is 11.7 Å². The van der Waals surface area contributed by atoms with E-state index >= 15 is 0 Å². The number of nitrogens with one attached hydrogen (secondary N) is 1. The molecular weight excluding hydrogens is 378 g/mol. The third-order valence-corrected chi connectivity index (χ3v) is 4.43. The number of nitrogens with zero attached hydrogens (tertiary/aromatic N) is 4. The molecule has 1 amide bonds. The number of phenolic OH excluding ortho intramolecular Hbond substituents is 1. The summed E-state index contributed by atoms with van der Waals surface area (Å²) >= 11 is 0. The molecule has 3 rings (SSSR count). The van der Waals surface area contributed by atoms with Crippen molar-refractivity contribution in [2.75, 3.05) is 7.11 Å². The van der Waals surface area contributed by atoms with E-state index < -0.39 is 4.92 Å². The highest BCUT2D eigenvalue weighted by molar-refractivity contribution is 6.05. The van der Waals surface area contributed by atoms with Crippen LogP contribution in [0, 0.1) is 16.0 Å². The fraction of sp³-hybridized carbons (Fsp3) is 0.263. The summed E-state index contributed by atoms with van der Waals surface area (Å²) in [7, 11) is 1.25. The lowest BCUT2D eigenvalue weighted by Crippen LogP contribution is -2.31. The van der Waals surface area contributed by atoms with E-state index in [0.717, 1.165) is 11.3 Å². The first-order valence-electron chi connectivity index (χ1n) is 8.78. The molecule has 2 aromatic carbocycles. The number of hydrazone groups is 1. The Labute approximate surface area is 166 Å². The highest BCUT2D eigenvalue weighted by atomic mass is 16.6. The van der Waals surface area contributed by atoms with Crippen molar-refractivity contribution in [3.05, 3.63) is 57.6 Å². The second-order valence-electron chi connectivity index (χ2n) is 6.47. The molecule has 29 heavy (non-hydrogen) atoms. The number of hydrogen-bond acceptors (Lipinski definition) is 8. The lowest BCUT2D eigenvalue weighted by atomic mass is 9.94. The lowest BCUT2D eigenvalue weighted by Gasteiger charge is -2.19. The van der Waals surface area contributed by atoms with Crippen molar-refractivity contribution in [3.63, 3.8) is 0 Å². The van der Waals surface area contributed by atoms with Crippen molar-refractivity contribution in [2.24, 2.45) is 21.2 Å². The standard InChI is InChI=1S/C19H19N5O5/c1-11-9-16(26)22-23-17(11)12-3-6-14(7-4-12)21-20-10-13-5-8-15(25)19(29-2)18(13)24(27)28/h3-8,11,25H,9-10H2,1-2H3,(H,22,26)/t11-/m1/s1. The van der Waals surface area contributed by atoms with E-state index in [4.69, 9.17) is 4.74 Å². The molecule has 1 heterocycles. The van der Waals surface area contributed by atoms with Crippen molar-refractivity contribution in [2.45, 2.75) is 19.9 Å². The summed E-state index contributed by atoms with van der Waals surface area (Å²) < 4.78 is 4.93. The van der Waals surface area contributed by atoms with Crippen LogP contribution in [0.5, 0.6) is 11.5 Å². The zero-order valence-electron chi connectivity index (χ0n) is 15.8. The van der Waals surface area contributed by atoms with Crippen LogP contribution < -0.4 is 10.2 Å². The fourth-order valence-corrected chi connectivity index (χ4v) is 3.02. The molecule has 0 saturated carbocycles.